The summed E-state index contributed by atoms with van der Waals surface area (Å²) in [6, 6.07) is 1.66. The summed E-state index contributed by atoms with van der Waals surface area (Å²) in [7, 11) is -3.67. The average Bonchev–Trinajstić information content (AvgIpc) is 3.34. The topological polar surface area (TPSA) is 102 Å². The molecule has 2 atom stereocenters. The lowest BCUT2D eigenvalue weighted by Gasteiger charge is -2.31. The molecule has 0 aliphatic carbocycles. The summed E-state index contributed by atoms with van der Waals surface area (Å²) in [5, 5.41) is 11.7. The second kappa shape index (κ2) is 8.66. The minimum absolute atomic E-state index is 0.135. The molecule has 10 heteroatoms. The van der Waals surface area contributed by atoms with Gasteiger partial charge in [0.05, 0.1) is 23.3 Å². The van der Waals surface area contributed by atoms with Crippen molar-refractivity contribution in [2.24, 2.45) is 5.92 Å². The van der Waals surface area contributed by atoms with Crippen LogP contribution in [-0.4, -0.2) is 51.3 Å². The lowest BCUT2D eigenvalue weighted by molar-refractivity contribution is -0.126. The van der Waals surface area contributed by atoms with E-state index in [9.17, 15) is 13.2 Å². The number of piperidine rings is 1. The molecule has 0 bridgehead atoms. The zero-order chi connectivity index (χ0) is 21.2. The highest BCUT2D eigenvalue weighted by atomic mass is 32.2. The number of sulfonamides is 1. The maximum Gasteiger partial charge on any atom is 0.246 e. The van der Waals surface area contributed by atoms with Crippen LogP contribution in [0.3, 0.4) is 0 Å². The zero-order valence-electron chi connectivity index (χ0n) is 17.5. The van der Waals surface area contributed by atoms with E-state index < -0.39 is 10.0 Å². The van der Waals surface area contributed by atoms with Crippen LogP contribution in [0, 0.1) is 12.8 Å². The second-order valence-corrected chi connectivity index (χ2v) is 9.37. The molecule has 9 nitrogen and oxygen atoms in total. The van der Waals surface area contributed by atoms with E-state index in [0.29, 0.717) is 31.6 Å². The number of rotatable bonds is 7. The van der Waals surface area contributed by atoms with Crippen molar-refractivity contribution in [1.82, 2.24) is 29.2 Å². The first-order chi connectivity index (χ1) is 13.8. The Morgan fingerprint density at radius 3 is 2.62 bits per heavy atom. The minimum atomic E-state index is -3.67. The molecule has 29 heavy (non-hydrogen) atoms. The molecule has 3 heterocycles. The smallest absolute Gasteiger partial charge is 0.246 e. The molecule has 0 spiro atoms. The van der Waals surface area contributed by atoms with Gasteiger partial charge in [0.1, 0.15) is 4.90 Å². The maximum absolute atomic E-state index is 13.1. The highest BCUT2D eigenvalue weighted by Gasteiger charge is 2.35. The summed E-state index contributed by atoms with van der Waals surface area (Å²) < 4.78 is 31.1. The third-order valence-electron chi connectivity index (χ3n) is 5.39. The van der Waals surface area contributed by atoms with Gasteiger partial charge in [-0.2, -0.15) is 14.5 Å². The number of aromatic nitrogens is 4. The number of carbonyl (C=O) groups excluding carboxylic acids is 1. The molecule has 0 aromatic carbocycles. The molecule has 0 saturated carbocycles. The number of amides is 1. The SMILES string of the molecule is CCn1ccc(C(C)NC(=O)C2CCCN(S(=O)(=O)c3cn(CC)nc3C)C2)n1. The Bertz CT molecular complexity index is 965. The number of nitrogens with one attached hydrogen (secondary N) is 1. The van der Waals surface area contributed by atoms with Crippen LogP contribution in [0.25, 0.3) is 0 Å². The molecule has 2 unspecified atom stereocenters. The predicted molar refractivity (Wildman–Crippen MR) is 109 cm³/mol. The lowest BCUT2D eigenvalue weighted by Crippen LogP contribution is -2.45. The van der Waals surface area contributed by atoms with Crippen molar-refractivity contribution in [3.05, 3.63) is 29.8 Å². The van der Waals surface area contributed by atoms with Gasteiger partial charge in [-0.05, 0) is 46.6 Å². The van der Waals surface area contributed by atoms with Crippen LogP contribution in [0.1, 0.15) is 51.0 Å². The standard InChI is InChI=1S/C19H30N6O3S/c1-5-23-11-9-17(22-23)14(3)20-19(26)16-8-7-10-25(12-16)29(27,28)18-13-24(6-2)21-15(18)4/h9,11,13-14,16H,5-8,10,12H2,1-4H3,(H,20,26). The molecule has 2 aromatic rings. The Balaban J connectivity index is 1.69. The molecule has 0 radical (unpaired) electrons. The molecule has 1 aliphatic rings. The molecule has 160 valence electrons. The second-order valence-electron chi connectivity index (χ2n) is 7.46. The molecule has 1 fully saturated rings. The fourth-order valence-electron chi connectivity index (χ4n) is 3.62. The van der Waals surface area contributed by atoms with Crippen molar-refractivity contribution in [1.29, 1.82) is 0 Å². The Morgan fingerprint density at radius 1 is 1.28 bits per heavy atom. The third kappa shape index (κ3) is 4.53. The molecule has 3 rings (SSSR count). The molecule has 2 aromatic heterocycles. The van der Waals surface area contributed by atoms with Crippen LogP contribution in [0.5, 0.6) is 0 Å². The van der Waals surface area contributed by atoms with Gasteiger partial charge in [0, 0.05) is 38.6 Å². The number of aryl methyl sites for hydroxylation is 3. The van der Waals surface area contributed by atoms with Crippen molar-refractivity contribution in [2.45, 2.75) is 64.6 Å². The molecule has 1 amide bonds. The largest absolute Gasteiger partial charge is 0.348 e. The quantitative estimate of drug-likeness (QED) is 0.732. The van der Waals surface area contributed by atoms with Crippen molar-refractivity contribution < 1.29 is 13.2 Å². The van der Waals surface area contributed by atoms with Crippen LogP contribution in [-0.2, 0) is 27.9 Å². The van der Waals surface area contributed by atoms with Crippen LogP contribution in [0.15, 0.2) is 23.4 Å². The fraction of sp³-hybridized carbons (Fsp3) is 0.632. The normalized spacial score (nSPS) is 19.2. The summed E-state index contributed by atoms with van der Waals surface area (Å²) in [5.41, 5.74) is 1.28. The van der Waals surface area contributed by atoms with Crippen LogP contribution >= 0.6 is 0 Å². The minimum Gasteiger partial charge on any atom is -0.348 e. The molecule has 1 saturated heterocycles. The van der Waals surface area contributed by atoms with Crippen LogP contribution in [0.4, 0.5) is 0 Å². The summed E-state index contributed by atoms with van der Waals surface area (Å²) >= 11 is 0. The summed E-state index contributed by atoms with van der Waals surface area (Å²) in [4.78, 5) is 13.0. The predicted octanol–water partition coefficient (Wildman–Crippen LogP) is 1.71. The van der Waals surface area contributed by atoms with Gasteiger partial charge >= 0.3 is 0 Å². The van der Waals surface area contributed by atoms with Crippen molar-refractivity contribution in [2.75, 3.05) is 13.1 Å². The van der Waals surface area contributed by atoms with Gasteiger partial charge in [0.2, 0.25) is 15.9 Å². The number of hydrogen-bond acceptors (Lipinski definition) is 5. The van der Waals surface area contributed by atoms with Crippen LogP contribution in [0.2, 0.25) is 0 Å². The highest BCUT2D eigenvalue weighted by molar-refractivity contribution is 7.89. The van der Waals surface area contributed by atoms with E-state index in [1.807, 2.05) is 37.7 Å². The Kier molecular flexibility index (Phi) is 6.42. The first-order valence-corrected chi connectivity index (χ1v) is 11.6. The summed E-state index contributed by atoms with van der Waals surface area (Å²) in [6.45, 7) is 9.47. The molecular weight excluding hydrogens is 392 g/mol. The lowest BCUT2D eigenvalue weighted by atomic mass is 9.98. The van der Waals surface area contributed by atoms with E-state index in [2.05, 4.69) is 15.5 Å². The third-order valence-corrected chi connectivity index (χ3v) is 7.35. The first kappa shape index (κ1) is 21.5. The molecule has 1 aliphatic heterocycles. The monoisotopic (exact) mass is 422 g/mol. The number of nitrogens with zero attached hydrogens (tertiary/aromatic N) is 5. The van der Waals surface area contributed by atoms with Gasteiger partial charge < -0.3 is 5.32 Å². The Hall–Kier alpha value is -2.20. The average molecular weight is 423 g/mol. The van der Waals surface area contributed by atoms with Crippen molar-refractivity contribution in [3.8, 4) is 0 Å². The molecule has 1 N–H and O–H groups in total. The van der Waals surface area contributed by atoms with E-state index in [1.165, 1.54) is 4.31 Å². The zero-order valence-corrected chi connectivity index (χ0v) is 18.3. The van der Waals surface area contributed by atoms with E-state index in [1.54, 1.807) is 17.8 Å². The number of carbonyl (C=O) groups is 1. The van der Waals surface area contributed by atoms with Crippen molar-refractivity contribution in [3.63, 3.8) is 0 Å². The van der Waals surface area contributed by atoms with Gasteiger partial charge in [-0.15, -0.1) is 0 Å². The van der Waals surface area contributed by atoms with Gasteiger partial charge in [0.15, 0.2) is 0 Å². The van der Waals surface area contributed by atoms with Crippen molar-refractivity contribution >= 4 is 15.9 Å². The van der Waals surface area contributed by atoms with Crippen LogP contribution < -0.4 is 5.32 Å². The van der Waals surface area contributed by atoms with Gasteiger partial charge in [-0.1, -0.05) is 0 Å². The van der Waals surface area contributed by atoms with E-state index in [-0.39, 0.29) is 29.3 Å². The summed E-state index contributed by atoms with van der Waals surface area (Å²) in [5.74, 6) is -0.514. The Morgan fingerprint density at radius 2 is 2.00 bits per heavy atom. The summed E-state index contributed by atoms with van der Waals surface area (Å²) in [6.07, 6.45) is 4.77. The number of hydrogen-bond donors (Lipinski definition) is 1. The molecular formula is C19H30N6O3S. The maximum atomic E-state index is 13.1. The van der Waals surface area contributed by atoms with Gasteiger partial charge in [0.25, 0.3) is 0 Å². The Labute approximate surface area is 172 Å². The highest BCUT2D eigenvalue weighted by Crippen LogP contribution is 2.26. The fourth-order valence-corrected chi connectivity index (χ4v) is 5.31. The first-order valence-electron chi connectivity index (χ1n) is 10.1. The van der Waals surface area contributed by atoms with E-state index in [4.69, 9.17) is 0 Å². The van der Waals surface area contributed by atoms with E-state index >= 15 is 0 Å². The van der Waals surface area contributed by atoms with Gasteiger partial charge in [-0.3, -0.25) is 14.2 Å². The van der Waals surface area contributed by atoms with E-state index in [0.717, 1.165) is 12.2 Å². The van der Waals surface area contributed by atoms with Gasteiger partial charge in [-0.25, -0.2) is 8.42 Å².